The maximum Gasteiger partial charge on any atom is 0.291 e. The summed E-state index contributed by atoms with van der Waals surface area (Å²) in [5.41, 5.74) is 4.81. The molecule has 3 aliphatic heterocycles. The minimum absolute atomic E-state index is 0.174. The summed E-state index contributed by atoms with van der Waals surface area (Å²) < 4.78 is 11.7. The molecule has 0 unspecified atom stereocenters. The van der Waals surface area contributed by atoms with Crippen LogP contribution in [0.1, 0.15) is 49.7 Å². The maximum absolute atomic E-state index is 13.9. The molecule has 1 spiro atoms. The van der Waals surface area contributed by atoms with Gasteiger partial charge in [0, 0.05) is 72.5 Å². The number of ether oxygens (including phenoxy) is 1. The van der Waals surface area contributed by atoms with Crippen LogP contribution in [0.4, 0.5) is 22.9 Å². The molecule has 0 atom stereocenters. The molecule has 0 saturated carbocycles. The molecule has 49 heavy (non-hydrogen) atoms. The molecular weight excluding hydrogens is 618 g/mol. The van der Waals surface area contributed by atoms with Crippen LogP contribution in [0.5, 0.6) is 0 Å². The van der Waals surface area contributed by atoms with Gasteiger partial charge in [0.1, 0.15) is 11.6 Å². The predicted molar refractivity (Wildman–Crippen MR) is 187 cm³/mol. The van der Waals surface area contributed by atoms with Gasteiger partial charge in [0.05, 0.1) is 11.3 Å². The minimum atomic E-state index is -0.333. The molecule has 3 aromatic carbocycles. The summed E-state index contributed by atoms with van der Waals surface area (Å²) in [5, 5.41) is 5.86. The second kappa shape index (κ2) is 12.7. The van der Waals surface area contributed by atoms with Gasteiger partial charge in [-0.2, -0.15) is 0 Å². The summed E-state index contributed by atoms with van der Waals surface area (Å²) in [6.07, 6.45) is 4.29. The van der Waals surface area contributed by atoms with Crippen molar-refractivity contribution < 1.29 is 23.5 Å². The Morgan fingerprint density at radius 1 is 0.776 bits per heavy atom. The minimum Gasteiger partial charge on any atom is -0.451 e. The highest BCUT2D eigenvalue weighted by Crippen LogP contribution is 2.42. The average Bonchev–Trinajstić information content (AvgIpc) is 3.49. The van der Waals surface area contributed by atoms with Crippen molar-refractivity contribution in [1.82, 2.24) is 4.98 Å². The second-order valence-electron chi connectivity index (χ2n) is 12.9. The second-order valence-corrected chi connectivity index (χ2v) is 12.9. The van der Waals surface area contributed by atoms with Gasteiger partial charge in [0.15, 0.2) is 5.76 Å². The molecule has 0 radical (unpaired) electrons. The largest absolute Gasteiger partial charge is 0.451 e. The van der Waals surface area contributed by atoms with Gasteiger partial charge in [-0.3, -0.25) is 14.4 Å². The van der Waals surface area contributed by atoms with Crippen LogP contribution in [0, 0.1) is 5.41 Å². The molecule has 3 aliphatic rings. The summed E-state index contributed by atoms with van der Waals surface area (Å²) in [6.45, 7) is 3.71. The number of para-hydroxylation sites is 2. The Labute approximate surface area is 283 Å². The highest BCUT2D eigenvalue weighted by atomic mass is 16.5. The number of furan rings is 1. The first kappa shape index (κ1) is 30.6. The third-order valence-corrected chi connectivity index (χ3v) is 9.68. The first-order chi connectivity index (χ1) is 24.0. The van der Waals surface area contributed by atoms with Crippen LogP contribution in [-0.2, 0) is 11.2 Å². The van der Waals surface area contributed by atoms with Crippen molar-refractivity contribution in [1.29, 1.82) is 0 Å². The molecule has 0 bridgehead atoms. The van der Waals surface area contributed by atoms with Gasteiger partial charge in [-0.1, -0.05) is 30.3 Å². The van der Waals surface area contributed by atoms with Crippen molar-refractivity contribution in [2.75, 3.05) is 53.3 Å². The van der Waals surface area contributed by atoms with E-state index in [2.05, 4.69) is 20.5 Å². The number of benzene rings is 3. The summed E-state index contributed by atoms with van der Waals surface area (Å²) in [7, 11) is 0. The van der Waals surface area contributed by atoms with Gasteiger partial charge in [-0.15, -0.1) is 0 Å². The van der Waals surface area contributed by atoms with Crippen molar-refractivity contribution in [2.45, 2.75) is 19.3 Å². The normalized spacial score (nSPS) is 16.2. The van der Waals surface area contributed by atoms with Crippen LogP contribution >= 0.6 is 0 Å². The number of hydrogen-bond acceptors (Lipinski definition) is 7. The molecule has 3 amide bonds. The Bertz CT molecular complexity index is 2030. The van der Waals surface area contributed by atoms with E-state index in [1.807, 2.05) is 54.6 Å². The van der Waals surface area contributed by atoms with Crippen molar-refractivity contribution in [3.05, 3.63) is 126 Å². The van der Waals surface area contributed by atoms with E-state index >= 15 is 0 Å². The third kappa shape index (κ3) is 5.95. The Hall–Kier alpha value is -5.74. The number of nitrogens with one attached hydrogen (secondary N) is 2. The van der Waals surface area contributed by atoms with Crippen LogP contribution < -0.4 is 20.4 Å². The Morgan fingerprint density at radius 2 is 1.49 bits per heavy atom. The van der Waals surface area contributed by atoms with E-state index in [9.17, 15) is 14.4 Å². The van der Waals surface area contributed by atoms with E-state index in [-0.39, 0.29) is 28.9 Å². The van der Waals surface area contributed by atoms with E-state index in [1.54, 1.807) is 53.6 Å². The molecule has 2 aromatic heterocycles. The molecule has 10 nitrogen and oxygen atoms in total. The molecule has 5 aromatic rings. The number of carbonyl (C=O) groups excluding carboxylic acids is 3. The van der Waals surface area contributed by atoms with Crippen LogP contribution in [0.3, 0.4) is 0 Å². The van der Waals surface area contributed by atoms with Crippen molar-refractivity contribution in [3.63, 3.8) is 0 Å². The standard InChI is InChI=1S/C39H35N5O5/c45-36(31-10-6-19-40-35(31)43-24-39(25-43)17-21-48-22-18-39)41-29-14-12-26(13-15-29)38(47)44-20-16-27-23-33(37(46)42-28-7-2-1-3-8-28)49-34(27)30-9-4-5-11-32(30)44/h1-15,19,23H,16-18,20-22,24-25H2,(H,41,45)(H,42,46). The Kier molecular flexibility index (Phi) is 7.93. The van der Waals surface area contributed by atoms with Crippen molar-refractivity contribution in [3.8, 4) is 11.3 Å². The first-order valence-electron chi connectivity index (χ1n) is 16.6. The monoisotopic (exact) mass is 653 g/mol. The zero-order chi connectivity index (χ0) is 33.4. The van der Waals surface area contributed by atoms with E-state index in [0.717, 1.165) is 50.3 Å². The number of amides is 3. The van der Waals surface area contributed by atoms with E-state index in [1.165, 1.54) is 0 Å². The third-order valence-electron chi connectivity index (χ3n) is 9.68. The molecule has 2 N–H and O–H groups in total. The number of pyridine rings is 1. The lowest BCUT2D eigenvalue weighted by Gasteiger charge is -2.53. The zero-order valence-electron chi connectivity index (χ0n) is 26.9. The molecule has 10 heteroatoms. The molecule has 5 heterocycles. The summed E-state index contributed by atoms with van der Waals surface area (Å²) in [4.78, 5) is 48.8. The molecule has 246 valence electrons. The molecular formula is C39H35N5O5. The number of nitrogens with zero attached hydrogens (tertiary/aromatic N) is 3. The van der Waals surface area contributed by atoms with Crippen LogP contribution in [0.2, 0.25) is 0 Å². The summed E-state index contributed by atoms with van der Waals surface area (Å²) >= 11 is 0. The van der Waals surface area contributed by atoms with E-state index in [0.29, 0.717) is 52.7 Å². The smallest absolute Gasteiger partial charge is 0.291 e. The van der Waals surface area contributed by atoms with E-state index < -0.39 is 0 Å². The van der Waals surface area contributed by atoms with E-state index in [4.69, 9.17) is 9.15 Å². The van der Waals surface area contributed by atoms with Gasteiger partial charge in [-0.05, 0) is 86.0 Å². The van der Waals surface area contributed by atoms with Gasteiger partial charge in [-0.25, -0.2) is 4.98 Å². The predicted octanol–water partition coefficient (Wildman–Crippen LogP) is 6.67. The fraction of sp³-hybridized carbons (Fsp3) is 0.231. The average molecular weight is 654 g/mol. The lowest BCUT2D eigenvalue weighted by atomic mass is 9.73. The first-order valence-corrected chi connectivity index (χ1v) is 16.6. The lowest BCUT2D eigenvalue weighted by molar-refractivity contribution is -0.000510. The van der Waals surface area contributed by atoms with Crippen molar-refractivity contribution >= 4 is 40.6 Å². The number of anilines is 4. The number of aromatic nitrogens is 1. The molecule has 0 aliphatic carbocycles. The van der Waals surface area contributed by atoms with Crippen LogP contribution in [0.15, 0.2) is 108 Å². The Morgan fingerprint density at radius 3 is 2.29 bits per heavy atom. The lowest BCUT2D eigenvalue weighted by Crippen LogP contribution is -2.59. The molecule has 2 saturated heterocycles. The number of fused-ring (bicyclic) bond motifs is 3. The van der Waals surface area contributed by atoms with Gasteiger partial charge >= 0.3 is 0 Å². The van der Waals surface area contributed by atoms with Gasteiger partial charge in [0.2, 0.25) is 0 Å². The molecule has 2 fully saturated rings. The van der Waals surface area contributed by atoms with Crippen molar-refractivity contribution in [2.24, 2.45) is 5.41 Å². The number of carbonyl (C=O) groups is 3. The Balaban J connectivity index is 0.965. The number of rotatable bonds is 6. The van der Waals surface area contributed by atoms with Crippen LogP contribution in [-0.4, -0.2) is 55.6 Å². The van der Waals surface area contributed by atoms with Crippen LogP contribution in [0.25, 0.3) is 11.3 Å². The number of hydrogen-bond donors (Lipinski definition) is 2. The highest BCUT2D eigenvalue weighted by Gasteiger charge is 2.45. The zero-order valence-corrected chi connectivity index (χ0v) is 26.9. The fourth-order valence-electron chi connectivity index (χ4n) is 7.04. The summed E-state index contributed by atoms with van der Waals surface area (Å²) in [6, 6.07) is 29.0. The fourth-order valence-corrected chi connectivity index (χ4v) is 7.04. The van der Waals surface area contributed by atoms with Gasteiger partial charge < -0.3 is 29.6 Å². The quantitative estimate of drug-likeness (QED) is 0.210. The van der Waals surface area contributed by atoms with Gasteiger partial charge in [0.25, 0.3) is 17.7 Å². The summed E-state index contributed by atoms with van der Waals surface area (Å²) in [5.74, 6) is 0.729. The topological polar surface area (TPSA) is 117 Å². The SMILES string of the molecule is O=C(Nc1ccccc1)c1cc2c(o1)-c1ccccc1N(C(=O)c1ccc(NC(=O)c3cccnc3N3CC4(CCOCC4)C3)cc1)CC2. The highest BCUT2D eigenvalue weighted by molar-refractivity contribution is 6.10. The maximum atomic E-state index is 13.9. The molecule has 8 rings (SSSR count).